The van der Waals surface area contributed by atoms with Gasteiger partial charge in [-0.1, -0.05) is 18.6 Å². The topological polar surface area (TPSA) is 78.6 Å². The molecule has 0 aliphatic rings. The van der Waals surface area contributed by atoms with Gasteiger partial charge in [-0.15, -0.1) is 5.10 Å². The van der Waals surface area contributed by atoms with Crippen molar-refractivity contribution in [3.63, 3.8) is 0 Å². The van der Waals surface area contributed by atoms with E-state index in [1.807, 2.05) is 0 Å². The summed E-state index contributed by atoms with van der Waals surface area (Å²) in [6.45, 7) is 8.12. The Labute approximate surface area is 126 Å². The number of hydrogen-bond donors (Lipinski definition) is 1. The summed E-state index contributed by atoms with van der Waals surface area (Å²) in [6, 6.07) is 0. The zero-order valence-corrected chi connectivity index (χ0v) is 13.0. The Bertz CT molecular complexity index is 358. The van der Waals surface area contributed by atoms with Gasteiger partial charge < -0.3 is 19.3 Å². The van der Waals surface area contributed by atoms with E-state index in [0.29, 0.717) is 45.3 Å². The molecule has 0 bridgehead atoms. The van der Waals surface area contributed by atoms with Gasteiger partial charge in [0.25, 0.3) is 0 Å². The van der Waals surface area contributed by atoms with Crippen LogP contribution in [0.5, 0.6) is 0 Å². The largest absolute Gasteiger partial charge is 0.387 e. The molecule has 0 aliphatic carbocycles. The molecule has 0 saturated carbocycles. The predicted molar refractivity (Wildman–Crippen MR) is 78.0 cm³/mol. The fourth-order valence-electron chi connectivity index (χ4n) is 1.56. The lowest BCUT2D eigenvalue weighted by Crippen LogP contribution is -2.12. The highest BCUT2D eigenvalue weighted by atomic mass is 16.5. The smallest absolute Gasteiger partial charge is 0.111 e. The number of aromatic nitrogens is 3. The number of aliphatic hydroxyl groups is 1. The molecular formula is C14H27N3O4. The summed E-state index contributed by atoms with van der Waals surface area (Å²) in [6.07, 6.45) is 3.38. The van der Waals surface area contributed by atoms with Gasteiger partial charge in [0, 0.05) is 6.61 Å². The maximum atomic E-state index is 9.32. The van der Waals surface area contributed by atoms with Gasteiger partial charge in [0.2, 0.25) is 0 Å². The van der Waals surface area contributed by atoms with Gasteiger partial charge in [-0.05, 0) is 13.3 Å². The fourth-order valence-corrected chi connectivity index (χ4v) is 1.56. The maximum absolute atomic E-state index is 9.32. The summed E-state index contributed by atoms with van der Waals surface area (Å²) < 4.78 is 17.9. The van der Waals surface area contributed by atoms with Crippen LogP contribution in [0.2, 0.25) is 0 Å². The van der Waals surface area contributed by atoms with Crippen LogP contribution in [0.3, 0.4) is 0 Å². The molecule has 0 fully saturated rings. The number of nitrogens with zero attached hydrogens (tertiary/aromatic N) is 3. The normalized spacial score (nSPS) is 12.7. The second-order valence-corrected chi connectivity index (χ2v) is 4.77. The lowest BCUT2D eigenvalue weighted by molar-refractivity contribution is 0.0123. The van der Waals surface area contributed by atoms with E-state index in [1.54, 1.807) is 17.8 Å². The number of unbranched alkanes of at least 4 members (excludes halogenated alkanes) is 1. The Morgan fingerprint density at radius 3 is 2.29 bits per heavy atom. The van der Waals surface area contributed by atoms with Gasteiger partial charge in [-0.25, -0.2) is 4.68 Å². The second kappa shape index (κ2) is 11.6. The predicted octanol–water partition coefficient (Wildman–Crippen LogP) is 1.18. The van der Waals surface area contributed by atoms with E-state index in [0.717, 1.165) is 19.4 Å². The van der Waals surface area contributed by atoms with Crippen molar-refractivity contribution in [2.24, 2.45) is 0 Å². The molecule has 1 N–H and O–H groups in total. The first-order chi connectivity index (χ1) is 10.2. The summed E-state index contributed by atoms with van der Waals surface area (Å²) in [5.41, 5.74) is 0.571. The van der Waals surface area contributed by atoms with Crippen LogP contribution in [-0.2, 0) is 20.8 Å². The van der Waals surface area contributed by atoms with E-state index in [-0.39, 0.29) is 0 Å². The molecule has 1 unspecified atom stereocenters. The van der Waals surface area contributed by atoms with Crippen LogP contribution in [0.15, 0.2) is 6.20 Å². The molecule has 1 heterocycles. The Morgan fingerprint density at radius 1 is 1.10 bits per heavy atom. The van der Waals surface area contributed by atoms with Crippen LogP contribution < -0.4 is 0 Å². The molecule has 0 amide bonds. The Balaban J connectivity index is 1.88. The molecule has 1 aromatic rings. The molecule has 0 aromatic carbocycles. The van der Waals surface area contributed by atoms with Crippen molar-refractivity contribution in [1.82, 2.24) is 15.0 Å². The summed E-state index contributed by atoms with van der Waals surface area (Å²) in [5, 5.41) is 17.1. The Hall–Kier alpha value is -1.02. The van der Waals surface area contributed by atoms with Crippen LogP contribution in [0.25, 0.3) is 0 Å². The first-order valence-corrected chi connectivity index (χ1v) is 7.55. The third-order valence-corrected chi connectivity index (χ3v) is 2.84. The summed E-state index contributed by atoms with van der Waals surface area (Å²) in [5.74, 6) is 0. The maximum Gasteiger partial charge on any atom is 0.111 e. The zero-order chi connectivity index (χ0) is 15.3. The average Bonchev–Trinajstić information content (AvgIpc) is 2.94. The van der Waals surface area contributed by atoms with Crippen molar-refractivity contribution in [2.75, 3.05) is 39.6 Å². The molecular weight excluding hydrogens is 274 g/mol. The quantitative estimate of drug-likeness (QED) is 0.551. The molecule has 7 heteroatoms. The number of rotatable bonds is 13. The Kier molecular flexibility index (Phi) is 9.98. The van der Waals surface area contributed by atoms with E-state index in [9.17, 15) is 5.11 Å². The van der Waals surface area contributed by atoms with Crippen molar-refractivity contribution in [3.05, 3.63) is 11.9 Å². The zero-order valence-electron chi connectivity index (χ0n) is 13.0. The monoisotopic (exact) mass is 301 g/mol. The SMILES string of the molecule is CCCCOCCOCCOCCn1cc(C(C)O)nn1. The molecule has 0 spiro atoms. The van der Waals surface area contributed by atoms with Gasteiger partial charge in [-0.2, -0.15) is 0 Å². The van der Waals surface area contributed by atoms with Crippen molar-refractivity contribution in [1.29, 1.82) is 0 Å². The fraction of sp³-hybridized carbons (Fsp3) is 0.857. The molecule has 1 aromatic heterocycles. The minimum atomic E-state index is -0.590. The summed E-state index contributed by atoms with van der Waals surface area (Å²) in [7, 11) is 0. The van der Waals surface area contributed by atoms with Gasteiger partial charge in [0.1, 0.15) is 5.69 Å². The molecule has 0 saturated heterocycles. The molecule has 21 heavy (non-hydrogen) atoms. The highest BCUT2D eigenvalue weighted by molar-refractivity contribution is 4.95. The summed E-state index contributed by atoms with van der Waals surface area (Å²) in [4.78, 5) is 0. The van der Waals surface area contributed by atoms with Crippen LogP contribution in [0.4, 0.5) is 0 Å². The number of ether oxygens (including phenoxy) is 3. The van der Waals surface area contributed by atoms with Crippen LogP contribution >= 0.6 is 0 Å². The van der Waals surface area contributed by atoms with E-state index >= 15 is 0 Å². The minimum Gasteiger partial charge on any atom is -0.387 e. The molecule has 0 aliphatic heterocycles. The van der Waals surface area contributed by atoms with Crippen molar-refractivity contribution >= 4 is 0 Å². The van der Waals surface area contributed by atoms with E-state index in [1.165, 1.54) is 0 Å². The lowest BCUT2D eigenvalue weighted by Gasteiger charge is -2.06. The van der Waals surface area contributed by atoms with Gasteiger partial charge in [0.15, 0.2) is 0 Å². The van der Waals surface area contributed by atoms with Crippen molar-refractivity contribution in [3.8, 4) is 0 Å². The third-order valence-electron chi connectivity index (χ3n) is 2.84. The minimum absolute atomic E-state index is 0.541. The average molecular weight is 301 g/mol. The van der Waals surface area contributed by atoms with Crippen LogP contribution in [0, 0.1) is 0 Å². The van der Waals surface area contributed by atoms with E-state index in [2.05, 4.69) is 17.2 Å². The Morgan fingerprint density at radius 2 is 1.71 bits per heavy atom. The molecule has 0 radical (unpaired) electrons. The van der Waals surface area contributed by atoms with Crippen LogP contribution in [-0.4, -0.2) is 59.7 Å². The number of aliphatic hydroxyl groups excluding tert-OH is 1. The molecule has 1 rings (SSSR count). The van der Waals surface area contributed by atoms with Gasteiger partial charge in [0.05, 0.1) is 51.9 Å². The lowest BCUT2D eigenvalue weighted by atomic mass is 10.3. The van der Waals surface area contributed by atoms with Crippen molar-refractivity contribution < 1.29 is 19.3 Å². The summed E-state index contributed by atoms with van der Waals surface area (Å²) >= 11 is 0. The standard InChI is InChI=1S/C14H27N3O4/c1-3-4-6-19-8-10-21-11-9-20-7-5-17-12-14(13(2)18)15-16-17/h12-13,18H,3-11H2,1-2H3. The highest BCUT2D eigenvalue weighted by Crippen LogP contribution is 2.05. The first kappa shape index (κ1) is 18.0. The molecule has 7 nitrogen and oxygen atoms in total. The van der Waals surface area contributed by atoms with Gasteiger partial charge >= 0.3 is 0 Å². The van der Waals surface area contributed by atoms with Gasteiger partial charge in [-0.3, -0.25) is 0 Å². The second-order valence-electron chi connectivity index (χ2n) is 4.77. The first-order valence-electron chi connectivity index (χ1n) is 7.55. The molecule has 1 atom stereocenters. The van der Waals surface area contributed by atoms with Crippen molar-refractivity contribution in [2.45, 2.75) is 39.3 Å². The highest BCUT2D eigenvalue weighted by Gasteiger charge is 2.05. The number of hydrogen-bond acceptors (Lipinski definition) is 6. The van der Waals surface area contributed by atoms with E-state index in [4.69, 9.17) is 14.2 Å². The molecule has 122 valence electrons. The third kappa shape index (κ3) is 8.77. The van der Waals surface area contributed by atoms with Crippen LogP contribution in [0.1, 0.15) is 38.5 Å². The van der Waals surface area contributed by atoms with E-state index < -0.39 is 6.10 Å².